The summed E-state index contributed by atoms with van der Waals surface area (Å²) in [5, 5.41) is 0. The molecule has 0 aliphatic carbocycles. The van der Waals surface area contributed by atoms with E-state index in [1.54, 1.807) is 28.6 Å². The van der Waals surface area contributed by atoms with Crippen LogP contribution in [0.1, 0.15) is 16.7 Å². The van der Waals surface area contributed by atoms with Gasteiger partial charge in [0.1, 0.15) is 0 Å². The molecule has 4 aromatic carbocycles. The van der Waals surface area contributed by atoms with E-state index in [2.05, 4.69) is 71.6 Å². The summed E-state index contributed by atoms with van der Waals surface area (Å²) in [5.41, 5.74) is 4.69. The molecule has 0 N–H and O–H groups in total. The zero-order valence-corrected chi connectivity index (χ0v) is 21.0. The molecule has 4 aromatic rings. The van der Waals surface area contributed by atoms with Crippen LogP contribution >= 0.6 is 0 Å². The van der Waals surface area contributed by atoms with E-state index in [1.807, 2.05) is 36.4 Å². The summed E-state index contributed by atoms with van der Waals surface area (Å²) in [6.45, 7) is 2.16. The minimum Gasteiger partial charge on any atom is -0.286 e. The first kappa shape index (κ1) is 24.2. The van der Waals surface area contributed by atoms with Crippen LogP contribution in [0.5, 0.6) is 0 Å². The third-order valence-corrected chi connectivity index (χ3v) is 8.48. The number of hydrogen-bond donors (Lipinski definition) is 0. The highest BCUT2D eigenvalue weighted by Crippen LogP contribution is 2.31. The van der Waals surface area contributed by atoms with E-state index in [9.17, 15) is 8.42 Å². The molecule has 1 aliphatic heterocycles. The summed E-state index contributed by atoms with van der Waals surface area (Å²) < 4.78 is 28.8. The van der Waals surface area contributed by atoms with Gasteiger partial charge in [0.15, 0.2) is 0 Å². The quantitative estimate of drug-likeness (QED) is 0.309. The fourth-order valence-electron chi connectivity index (χ4n) is 4.80. The van der Waals surface area contributed by atoms with Crippen molar-refractivity contribution in [3.8, 4) is 0 Å². The summed E-state index contributed by atoms with van der Waals surface area (Å²) in [5.74, 6) is 0. The molecule has 1 heterocycles. The largest absolute Gasteiger partial charge is 0.286 e. The van der Waals surface area contributed by atoms with Gasteiger partial charge in [0.2, 0.25) is 10.0 Å². The minimum atomic E-state index is -3.62. The molecular weight excluding hydrogens is 464 g/mol. The Labute approximate surface area is 214 Å². The summed E-state index contributed by atoms with van der Waals surface area (Å²) in [6.07, 6.45) is 2.09. The molecule has 0 saturated carbocycles. The van der Waals surface area contributed by atoms with Gasteiger partial charge in [-0.2, -0.15) is 4.31 Å². The smallest absolute Gasteiger partial charge is 0.243 e. The molecule has 1 atom stereocenters. The predicted octanol–water partition coefficient (Wildman–Crippen LogP) is 5.85. The summed E-state index contributed by atoms with van der Waals surface area (Å²) in [4.78, 5) is 2.73. The molecule has 1 unspecified atom stereocenters. The third-order valence-electron chi connectivity index (χ3n) is 6.64. The lowest BCUT2D eigenvalue weighted by Crippen LogP contribution is -2.48. The van der Waals surface area contributed by atoms with Crippen molar-refractivity contribution in [2.24, 2.45) is 0 Å². The number of nitrogens with zero attached hydrogens (tertiary/aromatic N) is 2. The fraction of sp³-hybridized carbons (Fsp3) is 0.161. The van der Waals surface area contributed by atoms with E-state index in [1.165, 1.54) is 16.7 Å². The Balaban J connectivity index is 1.55. The Morgan fingerprint density at radius 3 is 1.67 bits per heavy atom. The van der Waals surface area contributed by atoms with Crippen molar-refractivity contribution >= 4 is 15.6 Å². The Morgan fingerprint density at radius 1 is 0.667 bits per heavy atom. The number of rotatable bonds is 8. The number of sulfonamides is 1. The van der Waals surface area contributed by atoms with Crippen LogP contribution < -0.4 is 0 Å². The van der Waals surface area contributed by atoms with Crippen molar-refractivity contribution in [1.82, 2.24) is 9.21 Å². The Morgan fingerprint density at radius 2 is 1.14 bits per heavy atom. The first-order chi connectivity index (χ1) is 17.6. The number of benzene rings is 4. The molecule has 0 fully saturated rings. The molecular formula is C31H30N2O2S. The summed E-state index contributed by atoms with van der Waals surface area (Å²) in [6, 6.07) is 39.7. The Bertz CT molecular complexity index is 1350. The molecule has 182 valence electrons. The van der Waals surface area contributed by atoms with E-state index in [-0.39, 0.29) is 6.04 Å². The van der Waals surface area contributed by atoms with Crippen LogP contribution in [-0.2, 0) is 23.1 Å². The second-order valence-electron chi connectivity index (χ2n) is 9.05. The Kier molecular flexibility index (Phi) is 7.42. The fourth-order valence-corrected chi connectivity index (χ4v) is 6.21. The third kappa shape index (κ3) is 5.49. The van der Waals surface area contributed by atoms with Gasteiger partial charge in [-0.15, -0.1) is 0 Å². The van der Waals surface area contributed by atoms with E-state index < -0.39 is 10.0 Å². The van der Waals surface area contributed by atoms with Gasteiger partial charge in [0.05, 0.1) is 4.90 Å². The predicted molar refractivity (Wildman–Crippen MR) is 146 cm³/mol. The highest BCUT2D eigenvalue weighted by atomic mass is 32.2. The molecule has 5 rings (SSSR count). The van der Waals surface area contributed by atoms with Gasteiger partial charge in [-0.1, -0.05) is 115 Å². The van der Waals surface area contributed by atoms with Crippen LogP contribution in [0.3, 0.4) is 0 Å². The molecule has 0 saturated heterocycles. The minimum absolute atomic E-state index is 0.111. The van der Waals surface area contributed by atoms with Crippen LogP contribution in [0.15, 0.2) is 132 Å². The van der Waals surface area contributed by atoms with Crippen molar-refractivity contribution < 1.29 is 8.42 Å². The van der Waals surface area contributed by atoms with Gasteiger partial charge >= 0.3 is 0 Å². The second kappa shape index (κ2) is 11.0. The standard InChI is InChI=1S/C31H30N2O2S/c34-36(35,29-19-11-4-12-20-29)33-22-21-30(28-17-9-3-10-18-28)31(25-33)32(23-26-13-5-1-6-14-26)24-27-15-7-2-8-16-27/h1-21,31H,22-25H2. The molecule has 36 heavy (non-hydrogen) atoms. The maximum atomic E-state index is 13.6. The maximum Gasteiger partial charge on any atom is 0.243 e. The average molecular weight is 495 g/mol. The van der Waals surface area contributed by atoms with Gasteiger partial charge in [-0.3, -0.25) is 4.90 Å². The normalized spacial score (nSPS) is 16.6. The molecule has 5 heteroatoms. The van der Waals surface area contributed by atoms with Crippen molar-refractivity contribution in [3.05, 3.63) is 144 Å². The first-order valence-corrected chi connectivity index (χ1v) is 13.7. The monoisotopic (exact) mass is 494 g/mol. The van der Waals surface area contributed by atoms with Gasteiger partial charge in [-0.05, 0) is 34.4 Å². The zero-order valence-electron chi connectivity index (χ0n) is 20.1. The molecule has 0 amide bonds. The van der Waals surface area contributed by atoms with Crippen LogP contribution in [0.4, 0.5) is 0 Å². The van der Waals surface area contributed by atoms with Crippen molar-refractivity contribution in [2.45, 2.75) is 24.0 Å². The van der Waals surface area contributed by atoms with Crippen LogP contribution in [0, 0.1) is 0 Å². The van der Waals surface area contributed by atoms with E-state index in [4.69, 9.17) is 0 Å². The SMILES string of the molecule is O=S(=O)(c1ccccc1)N1CC=C(c2ccccc2)C(N(Cc2ccccc2)Cc2ccccc2)C1. The van der Waals surface area contributed by atoms with E-state index in [0.717, 1.165) is 5.56 Å². The van der Waals surface area contributed by atoms with Crippen LogP contribution in [0.25, 0.3) is 5.57 Å². The van der Waals surface area contributed by atoms with Crippen molar-refractivity contribution in [2.75, 3.05) is 13.1 Å². The molecule has 1 aliphatic rings. The lowest BCUT2D eigenvalue weighted by molar-refractivity contribution is 0.189. The summed E-state index contributed by atoms with van der Waals surface area (Å²) in [7, 11) is -3.62. The molecule has 4 nitrogen and oxygen atoms in total. The average Bonchev–Trinajstić information content (AvgIpc) is 2.94. The number of hydrogen-bond acceptors (Lipinski definition) is 3. The molecule has 0 radical (unpaired) electrons. The second-order valence-corrected chi connectivity index (χ2v) is 11.0. The molecule has 0 bridgehead atoms. The topological polar surface area (TPSA) is 40.6 Å². The van der Waals surface area contributed by atoms with Crippen LogP contribution in [0.2, 0.25) is 0 Å². The van der Waals surface area contributed by atoms with Gasteiger partial charge in [-0.25, -0.2) is 8.42 Å². The highest BCUT2D eigenvalue weighted by Gasteiger charge is 2.34. The van der Waals surface area contributed by atoms with E-state index >= 15 is 0 Å². The van der Waals surface area contributed by atoms with Gasteiger partial charge in [0.25, 0.3) is 0 Å². The molecule has 0 aromatic heterocycles. The lowest BCUT2D eigenvalue weighted by atomic mass is 9.93. The highest BCUT2D eigenvalue weighted by molar-refractivity contribution is 7.89. The van der Waals surface area contributed by atoms with Crippen molar-refractivity contribution in [1.29, 1.82) is 0 Å². The maximum absolute atomic E-state index is 13.6. The van der Waals surface area contributed by atoms with Crippen molar-refractivity contribution in [3.63, 3.8) is 0 Å². The van der Waals surface area contributed by atoms with E-state index in [0.29, 0.717) is 31.1 Å². The summed E-state index contributed by atoms with van der Waals surface area (Å²) >= 11 is 0. The molecule has 0 spiro atoms. The lowest BCUT2D eigenvalue weighted by Gasteiger charge is -2.40. The zero-order chi connectivity index (χ0) is 24.8. The van der Waals surface area contributed by atoms with Gasteiger partial charge in [0, 0.05) is 32.2 Å². The van der Waals surface area contributed by atoms with Crippen LogP contribution in [-0.4, -0.2) is 36.8 Å². The van der Waals surface area contributed by atoms with Gasteiger partial charge < -0.3 is 0 Å². The first-order valence-electron chi connectivity index (χ1n) is 12.2. The Hall–Kier alpha value is -3.51.